The van der Waals surface area contributed by atoms with Crippen LogP contribution in [-0.4, -0.2) is 11.0 Å². The lowest BCUT2D eigenvalue weighted by molar-refractivity contribution is 0.671. The van der Waals surface area contributed by atoms with Crippen LogP contribution in [0.1, 0.15) is 25.0 Å². The normalized spacial score (nSPS) is 10.8. The molecule has 0 bridgehead atoms. The molecule has 2 rings (SSSR count). The summed E-state index contributed by atoms with van der Waals surface area (Å²) in [6, 6.07) is 10.4. The van der Waals surface area contributed by atoms with Crippen LogP contribution in [0.3, 0.4) is 0 Å². The Kier molecular flexibility index (Phi) is 4.65. The number of rotatable bonds is 4. The third-order valence-electron chi connectivity index (χ3n) is 3.16. The summed E-state index contributed by atoms with van der Waals surface area (Å²) in [4.78, 5) is 6.83. The Balaban J connectivity index is 2.32. The molecule has 4 heteroatoms. The van der Waals surface area contributed by atoms with Gasteiger partial charge in [0, 0.05) is 24.5 Å². The molecule has 0 saturated carbocycles. The van der Waals surface area contributed by atoms with E-state index in [1.165, 1.54) is 5.56 Å². The fraction of sp³-hybridized carbons (Fsp3) is 0.312. The standard InChI is InChI=1S/C16H20BrN3/c1-11(2)20(10-13-5-4-6-14(18)8-13)16-15(17)7-12(3)9-19-16/h4-9,11H,10,18H2,1-3H3. The van der Waals surface area contributed by atoms with E-state index in [0.29, 0.717) is 6.04 Å². The summed E-state index contributed by atoms with van der Waals surface area (Å²) in [5, 5.41) is 0. The zero-order valence-electron chi connectivity index (χ0n) is 12.1. The second-order valence-corrected chi connectivity index (χ2v) is 6.14. The van der Waals surface area contributed by atoms with Gasteiger partial charge >= 0.3 is 0 Å². The third-order valence-corrected chi connectivity index (χ3v) is 3.74. The Hall–Kier alpha value is -1.55. The molecule has 0 aliphatic rings. The number of aromatic nitrogens is 1. The van der Waals surface area contributed by atoms with E-state index in [1.807, 2.05) is 31.3 Å². The van der Waals surface area contributed by atoms with Gasteiger partial charge in [0.15, 0.2) is 0 Å². The highest BCUT2D eigenvalue weighted by Gasteiger charge is 2.15. The topological polar surface area (TPSA) is 42.2 Å². The minimum Gasteiger partial charge on any atom is -0.399 e. The van der Waals surface area contributed by atoms with Crippen LogP contribution in [0.15, 0.2) is 41.0 Å². The number of nitrogens with two attached hydrogens (primary N) is 1. The zero-order chi connectivity index (χ0) is 14.7. The average molecular weight is 334 g/mol. The van der Waals surface area contributed by atoms with Crippen LogP contribution in [0.5, 0.6) is 0 Å². The number of hydrogen-bond acceptors (Lipinski definition) is 3. The van der Waals surface area contributed by atoms with Crippen molar-refractivity contribution < 1.29 is 0 Å². The van der Waals surface area contributed by atoms with Crippen molar-refractivity contribution in [1.82, 2.24) is 4.98 Å². The van der Waals surface area contributed by atoms with Crippen LogP contribution in [0.25, 0.3) is 0 Å². The Morgan fingerprint density at radius 3 is 2.65 bits per heavy atom. The van der Waals surface area contributed by atoms with E-state index in [2.05, 4.69) is 51.8 Å². The number of aryl methyl sites for hydroxylation is 1. The molecule has 1 aromatic heterocycles. The van der Waals surface area contributed by atoms with Gasteiger partial charge < -0.3 is 10.6 Å². The van der Waals surface area contributed by atoms with Crippen molar-refractivity contribution in [2.45, 2.75) is 33.4 Å². The molecule has 0 unspecified atom stereocenters. The Labute approximate surface area is 129 Å². The first-order valence-corrected chi connectivity index (χ1v) is 7.50. The van der Waals surface area contributed by atoms with Gasteiger partial charge in [0.2, 0.25) is 0 Å². The van der Waals surface area contributed by atoms with Gasteiger partial charge in [0.05, 0.1) is 4.47 Å². The molecule has 0 saturated heterocycles. The average Bonchev–Trinajstić information content (AvgIpc) is 2.36. The summed E-state index contributed by atoms with van der Waals surface area (Å²) in [5.74, 6) is 0.966. The first kappa shape index (κ1) is 14.9. The van der Waals surface area contributed by atoms with Gasteiger partial charge in [0.1, 0.15) is 5.82 Å². The lowest BCUT2D eigenvalue weighted by Crippen LogP contribution is -2.31. The maximum Gasteiger partial charge on any atom is 0.143 e. The van der Waals surface area contributed by atoms with Gasteiger partial charge in [0.25, 0.3) is 0 Å². The highest BCUT2D eigenvalue weighted by Crippen LogP contribution is 2.27. The van der Waals surface area contributed by atoms with Gasteiger partial charge in [-0.2, -0.15) is 0 Å². The maximum absolute atomic E-state index is 5.86. The molecule has 1 heterocycles. The van der Waals surface area contributed by atoms with Crippen molar-refractivity contribution in [1.29, 1.82) is 0 Å². The lowest BCUT2D eigenvalue weighted by atomic mass is 10.1. The fourth-order valence-electron chi connectivity index (χ4n) is 2.13. The molecule has 0 radical (unpaired) electrons. The molecule has 106 valence electrons. The van der Waals surface area contributed by atoms with Crippen LogP contribution in [0.4, 0.5) is 11.5 Å². The zero-order valence-corrected chi connectivity index (χ0v) is 13.7. The van der Waals surface area contributed by atoms with E-state index in [4.69, 9.17) is 5.73 Å². The highest BCUT2D eigenvalue weighted by molar-refractivity contribution is 9.10. The van der Waals surface area contributed by atoms with Crippen LogP contribution in [-0.2, 0) is 6.54 Å². The summed E-state index contributed by atoms with van der Waals surface area (Å²) in [6.07, 6.45) is 1.90. The van der Waals surface area contributed by atoms with E-state index >= 15 is 0 Å². The van der Waals surface area contributed by atoms with Gasteiger partial charge in [-0.1, -0.05) is 12.1 Å². The third kappa shape index (κ3) is 3.51. The number of benzene rings is 1. The molecular formula is C16H20BrN3. The fourth-order valence-corrected chi connectivity index (χ4v) is 2.82. The van der Waals surface area contributed by atoms with Crippen molar-refractivity contribution in [2.75, 3.05) is 10.6 Å². The van der Waals surface area contributed by atoms with Crippen LogP contribution < -0.4 is 10.6 Å². The quantitative estimate of drug-likeness (QED) is 0.854. The number of halogens is 1. The van der Waals surface area contributed by atoms with E-state index in [-0.39, 0.29) is 0 Å². The predicted molar refractivity (Wildman–Crippen MR) is 88.8 cm³/mol. The molecule has 0 aliphatic carbocycles. The van der Waals surface area contributed by atoms with E-state index in [1.54, 1.807) is 0 Å². The van der Waals surface area contributed by atoms with Crippen molar-refractivity contribution in [3.05, 3.63) is 52.1 Å². The summed E-state index contributed by atoms with van der Waals surface area (Å²) >= 11 is 3.62. The van der Waals surface area contributed by atoms with Gasteiger partial charge in [-0.25, -0.2) is 4.98 Å². The molecule has 20 heavy (non-hydrogen) atoms. The van der Waals surface area contributed by atoms with Crippen molar-refractivity contribution in [2.24, 2.45) is 0 Å². The lowest BCUT2D eigenvalue weighted by Gasteiger charge is -2.29. The number of pyridine rings is 1. The number of nitrogens with zero attached hydrogens (tertiary/aromatic N) is 2. The maximum atomic E-state index is 5.86. The van der Waals surface area contributed by atoms with Gasteiger partial charge in [-0.15, -0.1) is 0 Å². The minimum atomic E-state index is 0.350. The van der Waals surface area contributed by atoms with Gasteiger partial charge in [-0.3, -0.25) is 0 Å². The second-order valence-electron chi connectivity index (χ2n) is 5.28. The largest absolute Gasteiger partial charge is 0.399 e. The summed E-state index contributed by atoms with van der Waals surface area (Å²) in [6.45, 7) is 7.16. The molecule has 0 aliphatic heterocycles. The SMILES string of the molecule is Cc1cnc(N(Cc2cccc(N)c2)C(C)C)c(Br)c1. The van der Waals surface area contributed by atoms with E-state index in [0.717, 1.165) is 28.1 Å². The van der Waals surface area contributed by atoms with Crippen LogP contribution >= 0.6 is 15.9 Å². The summed E-state index contributed by atoms with van der Waals surface area (Å²) in [5.41, 5.74) is 8.98. The van der Waals surface area contributed by atoms with Crippen molar-refractivity contribution in [3.63, 3.8) is 0 Å². The first-order valence-electron chi connectivity index (χ1n) is 6.70. The Morgan fingerprint density at radius 1 is 1.30 bits per heavy atom. The number of hydrogen-bond donors (Lipinski definition) is 1. The van der Waals surface area contributed by atoms with Crippen molar-refractivity contribution in [3.8, 4) is 0 Å². The summed E-state index contributed by atoms with van der Waals surface area (Å²) < 4.78 is 1.02. The molecule has 0 spiro atoms. The highest BCUT2D eigenvalue weighted by atomic mass is 79.9. The van der Waals surface area contributed by atoms with Crippen LogP contribution in [0, 0.1) is 6.92 Å². The Bertz CT molecular complexity index is 596. The molecule has 0 fully saturated rings. The summed E-state index contributed by atoms with van der Waals surface area (Å²) in [7, 11) is 0. The number of anilines is 2. The smallest absolute Gasteiger partial charge is 0.143 e. The minimum absolute atomic E-state index is 0.350. The molecule has 2 aromatic rings. The van der Waals surface area contributed by atoms with E-state index in [9.17, 15) is 0 Å². The number of nitrogen functional groups attached to an aromatic ring is 1. The molecule has 0 atom stereocenters. The Morgan fingerprint density at radius 2 is 2.05 bits per heavy atom. The molecular weight excluding hydrogens is 314 g/mol. The first-order chi connectivity index (χ1) is 9.47. The second kappa shape index (κ2) is 6.27. The van der Waals surface area contributed by atoms with Crippen LogP contribution in [0.2, 0.25) is 0 Å². The van der Waals surface area contributed by atoms with Gasteiger partial charge in [-0.05, 0) is 66.0 Å². The van der Waals surface area contributed by atoms with Crippen molar-refractivity contribution >= 4 is 27.4 Å². The molecule has 1 aromatic carbocycles. The molecule has 0 amide bonds. The monoisotopic (exact) mass is 333 g/mol. The predicted octanol–water partition coefficient (Wildman–Crippen LogP) is 4.15. The molecule has 3 nitrogen and oxygen atoms in total. The van der Waals surface area contributed by atoms with E-state index < -0.39 is 0 Å². The molecule has 2 N–H and O–H groups in total.